The number of rotatable bonds is 5. The number of aromatic carboxylic acids is 1. The number of thiophene rings is 1. The van der Waals surface area contributed by atoms with E-state index in [9.17, 15) is 9.18 Å². The lowest BCUT2D eigenvalue weighted by Gasteiger charge is -2.14. The molecule has 0 aromatic carbocycles. The molecule has 0 aliphatic carbocycles. The molecule has 0 saturated heterocycles. The van der Waals surface area contributed by atoms with Crippen molar-refractivity contribution < 1.29 is 14.3 Å². The Bertz CT molecular complexity index is 935. The Morgan fingerprint density at radius 2 is 2.08 bits per heavy atom. The third kappa shape index (κ3) is 3.36. The largest absolute Gasteiger partial charge is 0.477 e. The van der Waals surface area contributed by atoms with Crippen LogP contribution in [0.5, 0.6) is 0 Å². The molecule has 9 heteroatoms. The van der Waals surface area contributed by atoms with Gasteiger partial charge in [-0.05, 0) is 32.9 Å². The van der Waals surface area contributed by atoms with Crippen LogP contribution < -0.4 is 5.32 Å². The second-order valence-corrected chi connectivity index (χ2v) is 6.72. The van der Waals surface area contributed by atoms with Crippen LogP contribution in [0.15, 0.2) is 24.5 Å². The van der Waals surface area contributed by atoms with Gasteiger partial charge < -0.3 is 15.0 Å². The second kappa shape index (κ2) is 6.60. The van der Waals surface area contributed by atoms with Gasteiger partial charge >= 0.3 is 5.97 Å². The van der Waals surface area contributed by atoms with Crippen LogP contribution >= 0.6 is 11.3 Å². The van der Waals surface area contributed by atoms with Gasteiger partial charge in [-0.15, -0.1) is 11.3 Å². The molecule has 3 aromatic rings. The molecule has 0 aliphatic rings. The fourth-order valence-electron chi connectivity index (χ4n) is 2.52. The molecule has 7 nitrogen and oxygen atoms in total. The lowest BCUT2D eigenvalue weighted by atomic mass is 10.2. The monoisotopic (exact) mass is 361 g/mol. The quantitative estimate of drug-likeness (QED) is 0.716. The van der Waals surface area contributed by atoms with Gasteiger partial charge in [0.2, 0.25) is 5.95 Å². The molecule has 2 N–H and O–H groups in total. The fourth-order valence-corrected chi connectivity index (χ4v) is 3.26. The summed E-state index contributed by atoms with van der Waals surface area (Å²) >= 11 is 1.05. The van der Waals surface area contributed by atoms with Crippen LogP contribution in [0.1, 0.15) is 35.4 Å². The molecule has 0 saturated carbocycles. The van der Waals surface area contributed by atoms with E-state index >= 15 is 0 Å². The number of anilines is 2. The third-order valence-corrected chi connectivity index (χ3v) is 4.53. The molecule has 130 valence electrons. The number of carboxylic acids is 1. The number of nitrogens with one attached hydrogen (secondary N) is 1. The van der Waals surface area contributed by atoms with Crippen LogP contribution in [-0.4, -0.2) is 30.6 Å². The maximum Gasteiger partial charge on any atom is 0.345 e. The van der Waals surface area contributed by atoms with E-state index in [1.165, 1.54) is 6.07 Å². The Kier molecular flexibility index (Phi) is 4.49. The van der Waals surface area contributed by atoms with Gasteiger partial charge in [0.1, 0.15) is 16.4 Å². The van der Waals surface area contributed by atoms with Crippen molar-refractivity contribution in [2.45, 2.75) is 26.8 Å². The Morgan fingerprint density at radius 1 is 1.32 bits per heavy atom. The summed E-state index contributed by atoms with van der Waals surface area (Å²) in [6.45, 7) is 5.81. The highest BCUT2D eigenvalue weighted by molar-refractivity contribution is 7.17. The standard InChI is InChI=1S/C16H16FN5O2S/c1-8(2)22-9(3)18-7-11(22)14-10(17)6-19-16(21-14)20-13-5-4-12(25-13)15(23)24/h4-8H,1-3H3,(H,23,24)(H,19,20,21). The van der Waals surface area contributed by atoms with E-state index in [1.807, 2.05) is 25.3 Å². The maximum absolute atomic E-state index is 14.3. The molecule has 0 fully saturated rings. The zero-order chi connectivity index (χ0) is 18.1. The highest BCUT2D eigenvalue weighted by Gasteiger charge is 2.18. The van der Waals surface area contributed by atoms with Crippen molar-refractivity contribution in [3.8, 4) is 11.4 Å². The first-order valence-corrected chi connectivity index (χ1v) is 8.35. The maximum atomic E-state index is 14.3. The summed E-state index contributed by atoms with van der Waals surface area (Å²) in [7, 11) is 0. The van der Waals surface area contributed by atoms with Gasteiger partial charge in [0.05, 0.1) is 23.1 Å². The summed E-state index contributed by atoms with van der Waals surface area (Å²) in [6.07, 6.45) is 2.67. The molecule has 0 atom stereocenters. The number of aromatic nitrogens is 4. The highest BCUT2D eigenvalue weighted by Crippen LogP contribution is 2.28. The zero-order valence-corrected chi connectivity index (χ0v) is 14.6. The number of halogens is 1. The number of nitrogens with zero attached hydrogens (tertiary/aromatic N) is 4. The van der Waals surface area contributed by atoms with Gasteiger partial charge in [0.15, 0.2) is 5.82 Å². The predicted octanol–water partition coefficient (Wildman–Crippen LogP) is 3.87. The van der Waals surface area contributed by atoms with Gasteiger partial charge in [-0.1, -0.05) is 0 Å². The van der Waals surface area contributed by atoms with E-state index in [-0.39, 0.29) is 22.6 Å². The van der Waals surface area contributed by atoms with E-state index < -0.39 is 11.8 Å². The summed E-state index contributed by atoms with van der Waals surface area (Å²) < 4.78 is 16.2. The molecule has 0 bridgehead atoms. The van der Waals surface area contributed by atoms with Crippen LogP contribution in [0.25, 0.3) is 11.4 Å². The van der Waals surface area contributed by atoms with Crippen LogP contribution in [0.3, 0.4) is 0 Å². The summed E-state index contributed by atoms with van der Waals surface area (Å²) in [6, 6.07) is 3.19. The minimum absolute atomic E-state index is 0.0960. The number of carboxylic acid groups (broad SMARTS) is 1. The fraction of sp³-hybridized carbons (Fsp3) is 0.250. The number of aryl methyl sites for hydroxylation is 1. The molecule has 0 amide bonds. The van der Waals surface area contributed by atoms with Crippen LogP contribution in [-0.2, 0) is 0 Å². The predicted molar refractivity (Wildman–Crippen MR) is 92.9 cm³/mol. The minimum atomic E-state index is -1.00. The molecule has 0 spiro atoms. The molecular weight excluding hydrogens is 345 g/mol. The Balaban J connectivity index is 1.97. The normalized spacial score (nSPS) is 11.1. The van der Waals surface area contributed by atoms with Gasteiger partial charge in [-0.3, -0.25) is 0 Å². The van der Waals surface area contributed by atoms with Gasteiger partial charge in [0.25, 0.3) is 0 Å². The molecule has 0 radical (unpaired) electrons. The number of hydrogen-bond acceptors (Lipinski definition) is 6. The smallest absolute Gasteiger partial charge is 0.345 e. The number of imidazole rings is 1. The summed E-state index contributed by atoms with van der Waals surface area (Å²) in [5.41, 5.74) is 0.703. The average Bonchev–Trinajstić information content (AvgIpc) is 3.16. The second-order valence-electron chi connectivity index (χ2n) is 5.64. The molecule has 0 aliphatic heterocycles. The third-order valence-electron chi connectivity index (χ3n) is 3.54. The molecule has 3 rings (SSSR count). The molecule has 25 heavy (non-hydrogen) atoms. The van der Waals surface area contributed by atoms with E-state index in [1.54, 1.807) is 12.3 Å². The van der Waals surface area contributed by atoms with Crippen LogP contribution in [0.4, 0.5) is 15.3 Å². The SMILES string of the molecule is Cc1ncc(-c2nc(Nc3ccc(C(=O)O)s3)ncc2F)n1C(C)C. The lowest BCUT2D eigenvalue weighted by molar-refractivity contribution is 0.0702. The summed E-state index contributed by atoms with van der Waals surface area (Å²) in [5.74, 6) is -0.606. The van der Waals surface area contributed by atoms with Gasteiger partial charge in [-0.25, -0.2) is 24.1 Å². The first-order valence-electron chi connectivity index (χ1n) is 7.53. The van der Waals surface area contributed by atoms with Gasteiger partial charge in [-0.2, -0.15) is 0 Å². The zero-order valence-electron chi connectivity index (χ0n) is 13.8. The van der Waals surface area contributed by atoms with Crippen molar-refractivity contribution >= 4 is 28.3 Å². The molecule has 3 heterocycles. The van der Waals surface area contributed by atoms with E-state index in [0.717, 1.165) is 23.4 Å². The summed E-state index contributed by atoms with van der Waals surface area (Å²) in [4.78, 5) is 23.6. The minimum Gasteiger partial charge on any atom is -0.477 e. The number of hydrogen-bond donors (Lipinski definition) is 2. The van der Waals surface area contributed by atoms with Crippen molar-refractivity contribution in [1.82, 2.24) is 19.5 Å². The Hall–Kier alpha value is -2.81. The Morgan fingerprint density at radius 3 is 2.72 bits per heavy atom. The van der Waals surface area contributed by atoms with E-state index in [4.69, 9.17) is 5.11 Å². The molecular formula is C16H16FN5O2S. The van der Waals surface area contributed by atoms with Crippen molar-refractivity contribution in [3.05, 3.63) is 41.0 Å². The first-order chi connectivity index (χ1) is 11.9. The molecule has 0 unspecified atom stereocenters. The van der Waals surface area contributed by atoms with Crippen molar-refractivity contribution in [2.75, 3.05) is 5.32 Å². The van der Waals surface area contributed by atoms with E-state index in [0.29, 0.717) is 10.7 Å². The first kappa shape index (κ1) is 17.0. The van der Waals surface area contributed by atoms with E-state index in [2.05, 4.69) is 20.3 Å². The van der Waals surface area contributed by atoms with Gasteiger partial charge in [0, 0.05) is 6.04 Å². The average molecular weight is 361 g/mol. The topological polar surface area (TPSA) is 92.9 Å². The lowest BCUT2D eigenvalue weighted by Crippen LogP contribution is -2.08. The molecule has 3 aromatic heterocycles. The number of carbonyl (C=O) groups is 1. The Labute approximate surface area is 147 Å². The van der Waals surface area contributed by atoms with Crippen molar-refractivity contribution in [3.63, 3.8) is 0 Å². The van der Waals surface area contributed by atoms with Crippen LogP contribution in [0, 0.1) is 12.7 Å². The van der Waals surface area contributed by atoms with Crippen LogP contribution in [0.2, 0.25) is 0 Å². The van der Waals surface area contributed by atoms with Crippen molar-refractivity contribution in [2.24, 2.45) is 0 Å². The summed E-state index contributed by atoms with van der Waals surface area (Å²) in [5, 5.41) is 12.4. The highest BCUT2D eigenvalue weighted by atomic mass is 32.1. The van der Waals surface area contributed by atoms with Crippen molar-refractivity contribution in [1.29, 1.82) is 0 Å².